The van der Waals surface area contributed by atoms with Gasteiger partial charge in [-0.3, -0.25) is 4.90 Å². The highest BCUT2D eigenvalue weighted by atomic mass is 32.2. The van der Waals surface area contributed by atoms with Crippen LogP contribution in [0.15, 0.2) is 12.2 Å². The van der Waals surface area contributed by atoms with E-state index in [4.69, 9.17) is 9.47 Å². The summed E-state index contributed by atoms with van der Waals surface area (Å²) in [6.07, 6.45) is 7.35. The lowest BCUT2D eigenvalue weighted by molar-refractivity contribution is -0.193. The fraction of sp³-hybridized carbons (Fsp3) is 0.786. The van der Waals surface area contributed by atoms with Crippen molar-refractivity contribution in [2.24, 2.45) is 0 Å². The van der Waals surface area contributed by atoms with Crippen LogP contribution in [0.3, 0.4) is 0 Å². The molecule has 4 atom stereocenters. The maximum Gasteiger partial charge on any atom is 0.331 e. The van der Waals surface area contributed by atoms with Gasteiger partial charge in [0.25, 0.3) is 0 Å². The molecule has 0 aromatic heterocycles. The molecule has 3 saturated heterocycles. The second kappa shape index (κ2) is 5.67. The molecule has 5 nitrogen and oxygen atoms in total. The average molecular weight is 299 g/mol. The Morgan fingerprint density at radius 3 is 2.90 bits per heavy atom. The van der Waals surface area contributed by atoms with Gasteiger partial charge in [0.05, 0.1) is 5.37 Å². The SMILES string of the molecule is CC=CC1(C(=O)O)C(OC2CCCCO2)SC2CCN21. The third-order valence-electron chi connectivity index (χ3n) is 4.26. The minimum absolute atomic E-state index is 0.260. The molecule has 3 aliphatic heterocycles. The van der Waals surface area contributed by atoms with Crippen molar-refractivity contribution in [3.05, 3.63) is 12.2 Å². The smallest absolute Gasteiger partial charge is 0.331 e. The minimum Gasteiger partial charge on any atom is -0.480 e. The number of carboxylic acid groups (broad SMARTS) is 1. The topological polar surface area (TPSA) is 59.0 Å². The van der Waals surface area contributed by atoms with Crippen LogP contribution in [0.25, 0.3) is 0 Å². The maximum absolute atomic E-state index is 11.9. The van der Waals surface area contributed by atoms with E-state index in [-0.39, 0.29) is 11.7 Å². The third kappa shape index (κ3) is 2.19. The average Bonchev–Trinajstić information content (AvgIpc) is 2.61. The highest BCUT2D eigenvalue weighted by Crippen LogP contribution is 2.51. The zero-order valence-corrected chi connectivity index (χ0v) is 12.5. The van der Waals surface area contributed by atoms with E-state index >= 15 is 0 Å². The lowest BCUT2D eigenvalue weighted by Crippen LogP contribution is -2.61. The fourth-order valence-electron chi connectivity index (χ4n) is 3.13. The molecule has 0 aliphatic carbocycles. The number of ether oxygens (including phenoxy) is 2. The summed E-state index contributed by atoms with van der Waals surface area (Å²) in [4.78, 5) is 14.0. The van der Waals surface area contributed by atoms with Crippen LogP contribution < -0.4 is 0 Å². The van der Waals surface area contributed by atoms with Crippen molar-refractivity contribution in [3.63, 3.8) is 0 Å². The van der Waals surface area contributed by atoms with E-state index in [1.54, 1.807) is 17.8 Å². The molecule has 3 rings (SSSR count). The van der Waals surface area contributed by atoms with E-state index in [2.05, 4.69) is 0 Å². The summed E-state index contributed by atoms with van der Waals surface area (Å²) in [5, 5.41) is 10.0. The van der Waals surface area contributed by atoms with Gasteiger partial charge in [-0.2, -0.15) is 0 Å². The first-order valence-electron chi connectivity index (χ1n) is 7.25. The zero-order valence-electron chi connectivity index (χ0n) is 11.7. The Kier molecular flexibility index (Phi) is 4.08. The summed E-state index contributed by atoms with van der Waals surface area (Å²) in [6.45, 7) is 3.38. The van der Waals surface area contributed by atoms with Crippen molar-refractivity contribution in [1.82, 2.24) is 4.90 Å². The van der Waals surface area contributed by atoms with Crippen LogP contribution in [0.5, 0.6) is 0 Å². The number of hydrogen-bond donors (Lipinski definition) is 1. The monoisotopic (exact) mass is 299 g/mol. The lowest BCUT2D eigenvalue weighted by atomic mass is 9.93. The van der Waals surface area contributed by atoms with E-state index in [0.717, 1.165) is 32.2 Å². The van der Waals surface area contributed by atoms with Crippen LogP contribution in [0.4, 0.5) is 0 Å². The Bertz CT molecular complexity index is 410. The summed E-state index contributed by atoms with van der Waals surface area (Å²) >= 11 is 1.62. The first kappa shape index (κ1) is 14.4. The van der Waals surface area contributed by atoms with Crippen LogP contribution in [-0.4, -0.2) is 51.8 Å². The third-order valence-corrected chi connectivity index (χ3v) is 5.78. The Morgan fingerprint density at radius 2 is 2.35 bits per heavy atom. The number of thioether (sulfide) groups is 1. The molecular formula is C14H21NO4S. The number of rotatable bonds is 4. The number of carboxylic acids is 1. The van der Waals surface area contributed by atoms with Gasteiger partial charge in [0, 0.05) is 13.2 Å². The Balaban J connectivity index is 1.81. The molecule has 0 bridgehead atoms. The number of carbonyl (C=O) groups is 1. The molecule has 1 N–H and O–H groups in total. The van der Waals surface area contributed by atoms with E-state index in [1.807, 2.05) is 17.9 Å². The van der Waals surface area contributed by atoms with Crippen molar-refractivity contribution in [3.8, 4) is 0 Å². The summed E-state index contributed by atoms with van der Waals surface area (Å²) in [6, 6.07) is 0. The molecule has 0 saturated carbocycles. The number of hydrogen-bond acceptors (Lipinski definition) is 5. The van der Waals surface area contributed by atoms with Gasteiger partial charge >= 0.3 is 5.97 Å². The van der Waals surface area contributed by atoms with Crippen molar-refractivity contribution in [2.45, 2.75) is 55.2 Å². The van der Waals surface area contributed by atoms with Gasteiger partial charge in [0.2, 0.25) is 0 Å². The van der Waals surface area contributed by atoms with Crippen molar-refractivity contribution >= 4 is 17.7 Å². The molecule has 0 amide bonds. The molecule has 0 aromatic rings. The normalized spacial score (nSPS) is 41.5. The van der Waals surface area contributed by atoms with Crippen LogP contribution in [-0.2, 0) is 14.3 Å². The van der Waals surface area contributed by atoms with E-state index in [0.29, 0.717) is 6.61 Å². The number of aliphatic carboxylic acids is 1. The standard InChI is InChI=1S/C14H21NO4S/c1-2-7-14(12(16)17)13(20-10-6-8-15(10)14)19-11-5-3-4-9-18-11/h2,7,10-11,13H,3-6,8-9H2,1H3,(H,16,17). The highest BCUT2D eigenvalue weighted by molar-refractivity contribution is 8.00. The molecule has 0 spiro atoms. The van der Waals surface area contributed by atoms with Gasteiger partial charge < -0.3 is 14.6 Å². The van der Waals surface area contributed by atoms with Crippen molar-refractivity contribution < 1.29 is 19.4 Å². The number of nitrogens with zero attached hydrogens (tertiary/aromatic N) is 1. The number of allylic oxidation sites excluding steroid dienone is 1. The first-order valence-corrected chi connectivity index (χ1v) is 8.19. The van der Waals surface area contributed by atoms with Gasteiger partial charge in [-0.15, -0.1) is 11.8 Å². The summed E-state index contributed by atoms with van der Waals surface area (Å²) in [5.74, 6) is -0.828. The molecule has 6 heteroatoms. The van der Waals surface area contributed by atoms with Crippen LogP contribution in [0, 0.1) is 0 Å². The molecule has 112 valence electrons. The Hall–Kier alpha value is -0.560. The summed E-state index contributed by atoms with van der Waals surface area (Å²) < 4.78 is 11.6. The predicted molar refractivity (Wildman–Crippen MR) is 76.3 cm³/mol. The van der Waals surface area contributed by atoms with E-state index < -0.39 is 16.9 Å². The quantitative estimate of drug-likeness (QED) is 0.802. The highest BCUT2D eigenvalue weighted by Gasteiger charge is 2.62. The van der Waals surface area contributed by atoms with Gasteiger partial charge in [0.1, 0.15) is 5.44 Å². The number of fused-ring (bicyclic) bond motifs is 1. The molecule has 3 heterocycles. The van der Waals surface area contributed by atoms with Gasteiger partial charge in [0.15, 0.2) is 11.8 Å². The molecule has 4 unspecified atom stereocenters. The summed E-state index contributed by atoms with van der Waals surface area (Å²) in [7, 11) is 0. The van der Waals surface area contributed by atoms with Gasteiger partial charge in [-0.05, 0) is 32.6 Å². The second-order valence-electron chi connectivity index (χ2n) is 5.47. The zero-order chi connectivity index (χ0) is 14.2. The Morgan fingerprint density at radius 1 is 1.50 bits per heavy atom. The predicted octanol–water partition coefficient (Wildman–Crippen LogP) is 2.03. The molecule has 0 radical (unpaired) electrons. The molecule has 3 fully saturated rings. The molecule has 20 heavy (non-hydrogen) atoms. The molecule has 0 aromatic carbocycles. The van der Waals surface area contributed by atoms with Gasteiger partial charge in [-0.25, -0.2) is 4.79 Å². The van der Waals surface area contributed by atoms with Crippen LogP contribution in [0.1, 0.15) is 32.6 Å². The largest absolute Gasteiger partial charge is 0.480 e. The first-order chi connectivity index (χ1) is 9.68. The van der Waals surface area contributed by atoms with E-state index in [1.165, 1.54) is 0 Å². The fourth-order valence-corrected chi connectivity index (χ4v) is 4.79. The van der Waals surface area contributed by atoms with Gasteiger partial charge in [-0.1, -0.05) is 12.2 Å². The van der Waals surface area contributed by atoms with E-state index in [9.17, 15) is 9.90 Å². The van der Waals surface area contributed by atoms with Crippen LogP contribution in [0.2, 0.25) is 0 Å². The molecule has 3 aliphatic rings. The Labute approximate surface area is 123 Å². The van der Waals surface area contributed by atoms with Crippen molar-refractivity contribution in [2.75, 3.05) is 13.2 Å². The lowest BCUT2D eigenvalue weighted by Gasteiger charge is -2.43. The summed E-state index contributed by atoms with van der Waals surface area (Å²) in [5.41, 5.74) is -1.44. The second-order valence-corrected chi connectivity index (χ2v) is 6.71. The van der Waals surface area contributed by atoms with Crippen molar-refractivity contribution in [1.29, 1.82) is 0 Å². The molecular weight excluding hydrogens is 278 g/mol. The minimum atomic E-state index is -1.04. The van der Waals surface area contributed by atoms with Crippen LogP contribution >= 0.6 is 11.8 Å². The maximum atomic E-state index is 11.9.